The number of rotatable bonds is 7. The van der Waals surface area contributed by atoms with Gasteiger partial charge in [0.15, 0.2) is 0 Å². The second-order valence-corrected chi connectivity index (χ2v) is 6.80. The maximum Gasteiger partial charge on any atom is 0.0593 e. The van der Waals surface area contributed by atoms with Gasteiger partial charge in [0.25, 0.3) is 0 Å². The molecule has 1 rings (SSSR count). The van der Waals surface area contributed by atoms with E-state index >= 15 is 0 Å². The molecule has 0 aromatic rings. The van der Waals surface area contributed by atoms with Gasteiger partial charge >= 0.3 is 0 Å². The van der Waals surface area contributed by atoms with E-state index in [9.17, 15) is 0 Å². The van der Waals surface area contributed by atoms with Crippen LogP contribution in [0.1, 0.15) is 34.1 Å². The molecule has 2 N–H and O–H groups in total. The molecular weight excluding hydrogens is 244 g/mol. The van der Waals surface area contributed by atoms with Crippen LogP contribution in [0, 0.1) is 5.41 Å². The van der Waals surface area contributed by atoms with Crippen molar-refractivity contribution in [2.75, 3.05) is 44.4 Å². The molecule has 3 nitrogen and oxygen atoms in total. The van der Waals surface area contributed by atoms with Crippen LogP contribution in [-0.2, 0) is 4.74 Å². The summed E-state index contributed by atoms with van der Waals surface area (Å²) < 4.78 is 5.53. The van der Waals surface area contributed by atoms with Crippen LogP contribution in [0.2, 0.25) is 0 Å². The third-order valence-electron chi connectivity index (χ3n) is 4.51. The van der Waals surface area contributed by atoms with Crippen LogP contribution in [0.3, 0.4) is 0 Å². The lowest BCUT2D eigenvalue weighted by molar-refractivity contribution is -0.0129. The molecule has 0 saturated carbocycles. The number of nitrogens with zero attached hydrogens (tertiary/aromatic N) is 1. The molecule has 108 valence electrons. The fourth-order valence-corrected chi connectivity index (χ4v) is 4.80. The van der Waals surface area contributed by atoms with Gasteiger partial charge in [-0.15, -0.1) is 0 Å². The van der Waals surface area contributed by atoms with Crippen LogP contribution in [-0.4, -0.2) is 54.8 Å². The molecule has 0 spiro atoms. The Balaban J connectivity index is 2.81. The van der Waals surface area contributed by atoms with Crippen molar-refractivity contribution < 1.29 is 4.74 Å². The highest BCUT2D eigenvalue weighted by Gasteiger charge is 2.49. The molecule has 0 amide bonds. The van der Waals surface area contributed by atoms with Crippen molar-refractivity contribution in [2.45, 2.75) is 39.7 Å². The zero-order chi connectivity index (χ0) is 13.6. The van der Waals surface area contributed by atoms with E-state index in [-0.39, 0.29) is 11.0 Å². The summed E-state index contributed by atoms with van der Waals surface area (Å²) in [5.74, 6) is 2.41. The van der Waals surface area contributed by atoms with Crippen molar-refractivity contribution in [1.82, 2.24) is 4.90 Å². The average Bonchev–Trinajstić information content (AvgIpc) is 2.35. The van der Waals surface area contributed by atoms with Crippen molar-refractivity contribution in [1.29, 1.82) is 0 Å². The molecule has 18 heavy (non-hydrogen) atoms. The fourth-order valence-electron chi connectivity index (χ4n) is 2.97. The predicted octanol–water partition coefficient (Wildman–Crippen LogP) is 2.21. The molecule has 1 atom stereocenters. The number of hydrogen-bond acceptors (Lipinski definition) is 4. The van der Waals surface area contributed by atoms with E-state index in [1.165, 1.54) is 12.2 Å². The molecule has 0 aromatic carbocycles. The zero-order valence-corrected chi connectivity index (χ0v) is 13.3. The standard InChI is InChI=1S/C14H30N2OS/c1-5-16(8-9-17-6-2)14(11-15)12-18-10-7-13(14,3)4/h5-12,15H2,1-4H3. The van der Waals surface area contributed by atoms with Crippen molar-refractivity contribution in [2.24, 2.45) is 11.1 Å². The van der Waals surface area contributed by atoms with Crippen LogP contribution < -0.4 is 5.73 Å². The summed E-state index contributed by atoms with van der Waals surface area (Å²) in [5.41, 5.74) is 6.61. The molecule has 0 aromatic heterocycles. The summed E-state index contributed by atoms with van der Waals surface area (Å²) in [7, 11) is 0. The first-order chi connectivity index (χ1) is 8.54. The van der Waals surface area contributed by atoms with Gasteiger partial charge in [-0.05, 0) is 31.1 Å². The molecule has 0 radical (unpaired) electrons. The van der Waals surface area contributed by atoms with E-state index in [4.69, 9.17) is 10.5 Å². The molecule has 1 heterocycles. The highest BCUT2D eigenvalue weighted by molar-refractivity contribution is 7.99. The van der Waals surface area contributed by atoms with Crippen LogP contribution >= 0.6 is 11.8 Å². The SMILES string of the molecule is CCOCCN(CC)C1(CN)CSCCC1(C)C. The summed E-state index contributed by atoms with van der Waals surface area (Å²) >= 11 is 2.05. The number of thioether (sulfide) groups is 1. The van der Waals surface area contributed by atoms with Crippen LogP contribution in [0.15, 0.2) is 0 Å². The van der Waals surface area contributed by atoms with Crippen LogP contribution in [0.25, 0.3) is 0 Å². The topological polar surface area (TPSA) is 38.5 Å². The lowest BCUT2D eigenvalue weighted by Crippen LogP contribution is -2.66. The van der Waals surface area contributed by atoms with Gasteiger partial charge in [0.05, 0.1) is 6.61 Å². The third kappa shape index (κ3) is 3.21. The van der Waals surface area contributed by atoms with Crippen molar-refractivity contribution in [3.63, 3.8) is 0 Å². The van der Waals surface area contributed by atoms with E-state index in [0.29, 0.717) is 0 Å². The Bertz CT molecular complexity index is 248. The lowest BCUT2D eigenvalue weighted by Gasteiger charge is -2.55. The molecule has 1 aliphatic rings. The summed E-state index contributed by atoms with van der Waals surface area (Å²) in [5, 5.41) is 0. The smallest absolute Gasteiger partial charge is 0.0593 e. The minimum atomic E-state index is 0.127. The molecular formula is C14H30N2OS. The van der Waals surface area contributed by atoms with E-state index in [0.717, 1.165) is 38.6 Å². The molecule has 0 bridgehead atoms. The average molecular weight is 274 g/mol. The molecule has 1 saturated heterocycles. The van der Waals surface area contributed by atoms with Gasteiger partial charge < -0.3 is 10.5 Å². The van der Waals surface area contributed by atoms with Gasteiger partial charge in [0, 0.05) is 31.0 Å². The summed E-state index contributed by atoms with van der Waals surface area (Å²) in [6.45, 7) is 13.4. The largest absolute Gasteiger partial charge is 0.380 e. The quantitative estimate of drug-likeness (QED) is 0.722. The molecule has 4 heteroatoms. The Labute approximate surface area is 117 Å². The fraction of sp³-hybridized carbons (Fsp3) is 1.00. The Hall–Kier alpha value is 0.230. The summed E-state index contributed by atoms with van der Waals surface area (Å²) in [6.07, 6.45) is 1.25. The Morgan fingerprint density at radius 1 is 1.33 bits per heavy atom. The lowest BCUT2D eigenvalue weighted by atomic mass is 9.69. The van der Waals surface area contributed by atoms with Crippen molar-refractivity contribution in [3.8, 4) is 0 Å². The Morgan fingerprint density at radius 2 is 2.06 bits per heavy atom. The third-order valence-corrected chi connectivity index (χ3v) is 5.68. The normalized spacial score (nSPS) is 27.7. The maximum atomic E-state index is 6.20. The molecule has 1 unspecified atom stereocenters. The van der Waals surface area contributed by atoms with E-state index in [2.05, 4.69) is 32.6 Å². The van der Waals surface area contributed by atoms with E-state index in [1.54, 1.807) is 0 Å². The monoisotopic (exact) mass is 274 g/mol. The second-order valence-electron chi connectivity index (χ2n) is 5.70. The molecule has 1 fully saturated rings. The van der Waals surface area contributed by atoms with Gasteiger partial charge in [0.2, 0.25) is 0 Å². The van der Waals surface area contributed by atoms with Gasteiger partial charge in [-0.3, -0.25) is 4.90 Å². The van der Waals surface area contributed by atoms with Crippen molar-refractivity contribution >= 4 is 11.8 Å². The van der Waals surface area contributed by atoms with Gasteiger partial charge in [-0.25, -0.2) is 0 Å². The predicted molar refractivity (Wildman–Crippen MR) is 81.2 cm³/mol. The Kier molecular flexibility index (Phi) is 6.45. The summed E-state index contributed by atoms with van der Waals surface area (Å²) in [6, 6.07) is 0. The zero-order valence-electron chi connectivity index (χ0n) is 12.5. The van der Waals surface area contributed by atoms with Gasteiger partial charge in [-0.2, -0.15) is 11.8 Å². The molecule has 1 aliphatic heterocycles. The van der Waals surface area contributed by atoms with Gasteiger partial charge in [-0.1, -0.05) is 20.8 Å². The first-order valence-corrected chi connectivity index (χ1v) is 8.30. The minimum absolute atomic E-state index is 0.127. The van der Waals surface area contributed by atoms with E-state index < -0.39 is 0 Å². The maximum absolute atomic E-state index is 6.20. The first-order valence-electron chi connectivity index (χ1n) is 7.14. The highest BCUT2D eigenvalue weighted by atomic mass is 32.2. The highest BCUT2D eigenvalue weighted by Crippen LogP contribution is 2.45. The summed E-state index contributed by atoms with van der Waals surface area (Å²) in [4.78, 5) is 2.55. The van der Waals surface area contributed by atoms with Gasteiger partial charge in [0.1, 0.15) is 0 Å². The number of hydrogen-bond donors (Lipinski definition) is 1. The Morgan fingerprint density at radius 3 is 2.56 bits per heavy atom. The van der Waals surface area contributed by atoms with Crippen molar-refractivity contribution in [3.05, 3.63) is 0 Å². The van der Waals surface area contributed by atoms with E-state index in [1.807, 2.05) is 11.8 Å². The van der Waals surface area contributed by atoms with Crippen LogP contribution in [0.4, 0.5) is 0 Å². The minimum Gasteiger partial charge on any atom is -0.380 e. The first kappa shape index (κ1) is 16.3. The second kappa shape index (κ2) is 7.13. The number of likely N-dealkylation sites (N-methyl/N-ethyl adjacent to an activating group) is 1. The van der Waals surface area contributed by atoms with Crippen LogP contribution in [0.5, 0.6) is 0 Å². The number of ether oxygens (including phenoxy) is 1. The number of nitrogens with two attached hydrogens (primary N) is 1. The molecule has 0 aliphatic carbocycles.